The SMILES string of the molecule is CCN(CC)CCCC(C)NCC(=O)N(C)CC. The number of hydrogen-bond donors (Lipinski definition) is 1. The van der Waals surface area contributed by atoms with Gasteiger partial charge in [-0.2, -0.15) is 0 Å². The zero-order valence-corrected chi connectivity index (χ0v) is 12.8. The van der Waals surface area contributed by atoms with Crippen molar-refractivity contribution < 1.29 is 4.79 Å². The van der Waals surface area contributed by atoms with Gasteiger partial charge < -0.3 is 15.1 Å². The van der Waals surface area contributed by atoms with Crippen LogP contribution in [0.15, 0.2) is 0 Å². The molecule has 4 heteroatoms. The normalized spacial score (nSPS) is 12.8. The van der Waals surface area contributed by atoms with Crippen molar-refractivity contribution in [3.63, 3.8) is 0 Å². The van der Waals surface area contributed by atoms with Gasteiger partial charge in [0.2, 0.25) is 5.91 Å². The first-order chi connectivity index (χ1) is 8.54. The molecule has 0 aliphatic carbocycles. The molecule has 0 spiro atoms. The van der Waals surface area contributed by atoms with Gasteiger partial charge in [-0.05, 0) is 46.3 Å². The second-order valence-electron chi connectivity index (χ2n) is 4.86. The van der Waals surface area contributed by atoms with Crippen LogP contribution in [0.2, 0.25) is 0 Å². The third-order valence-corrected chi connectivity index (χ3v) is 3.51. The molecule has 0 aromatic heterocycles. The molecule has 0 bridgehead atoms. The Hall–Kier alpha value is -0.610. The molecule has 0 saturated carbocycles. The van der Waals surface area contributed by atoms with E-state index >= 15 is 0 Å². The van der Waals surface area contributed by atoms with Crippen molar-refractivity contribution >= 4 is 5.91 Å². The van der Waals surface area contributed by atoms with Gasteiger partial charge in [0.05, 0.1) is 6.54 Å². The third-order valence-electron chi connectivity index (χ3n) is 3.51. The summed E-state index contributed by atoms with van der Waals surface area (Å²) >= 11 is 0. The van der Waals surface area contributed by atoms with Gasteiger partial charge in [0.25, 0.3) is 0 Å². The van der Waals surface area contributed by atoms with E-state index in [2.05, 4.69) is 31.0 Å². The van der Waals surface area contributed by atoms with Crippen molar-refractivity contribution in [2.45, 2.75) is 46.6 Å². The maximum absolute atomic E-state index is 11.6. The highest BCUT2D eigenvalue weighted by molar-refractivity contribution is 5.77. The van der Waals surface area contributed by atoms with E-state index in [0.717, 1.165) is 32.6 Å². The highest BCUT2D eigenvalue weighted by atomic mass is 16.2. The quantitative estimate of drug-likeness (QED) is 0.645. The maximum atomic E-state index is 11.6. The summed E-state index contributed by atoms with van der Waals surface area (Å²) in [6.45, 7) is 13.2. The van der Waals surface area contributed by atoms with Crippen LogP contribution in [0.25, 0.3) is 0 Å². The molecule has 4 nitrogen and oxygen atoms in total. The highest BCUT2D eigenvalue weighted by Crippen LogP contribution is 1.99. The van der Waals surface area contributed by atoms with Crippen molar-refractivity contribution in [3.05, 3.63) is 0 Å². The molecular weight excluding hydrogens is 226 g/mol. The van der Waals surface area contributed by atoms with Gasteiger partial charge in [0, 0.05) is 19.6 Å². The Labute approximate surface area is 113 Å². The number of nitrogens with one attached hydrogen (secondary N) is 1. The first-order valence-corrected chi connectivity index (χ1v) is 7.24. The Morgan fingerprint density at radius 3 is 2.28 bits per heavy atom. The molecule has 108 valence electrons. The number of amides is 1. The Morgan fingerprint density at radius 1 is 1.17 bits per heavy atom. The Balaban J connectivity index is 3.65. The van der Waals surface area contributed by atoms with Crippen LogP contribution in [0.3, 0.4) is 0 Å². The first-order valence-electron chi connectivity index (χ1n) is 7.24. The van der Waals surface area contributed by atoms with E-state index in [1.54, 1.807) is 4.90 Å². The van der Waals surface area contributed by atoms with Crippen LogP contribution in [-0.4, -0.2) is 61.5 Å². The topological polar surface area (TPSA) is 35.6 Å². The molecule has 0 radical (unpaired) electrons. The number of hydrogen-bond acceptors (Lipinski definition) is 3. The number of nitrogens with zero attached hydrogens (tertiary/aromatic N) is 2. The predicted octanol–water partition coefficient (Wildman–Crippen LogP) is 1.56. The minimum atomic E-state index is 0.174. The Bertz CT molecular complexity index is 217. The maximum Gasteiger partial charge on any atom is 0.236 e. The zero-order chi connectivity index (χ0) is 14.0. The van der Waals surface area contributed by atoms with Crippen LogP contribution in [0.5, 0.6) is 0 Å². The van der Waals surface area contributed by atoms with Crippen molar-refractivity contribution in [2.75, 3.05) is 39.8 Å². The molecule has 0 fully saturated rings. The van der Waals surface area contributed by atoms with Crippen LogP contribution < -0.4 is 5.32 Å². The average Bonchev–Trinajstić information content (AvgIpc) is 2.39. The summed E-state index contributed by atoms with van der Waals surface area (Å²) in [5.74, 6) is 0.174. The minimum Gasteiger partial charge on any atom is -0.345 e. The summed E-state index contributed by atoms with van der Waals surface area (Å²) in [5.41, 5.74) is 0. The van der Waals surface area contributed by atoms with Gasteiger partial charge in [-0.25, -0.2) is 0 Å². The minimum absolute atomic E-state index is 0.174. The van der Waals surface area contributed by atoms with E-state index in [4.69, 9.17) is 0 Å². The fourth-order valence-electron chi connectivity index (χ4n) is 1.84. The number of rotatable bonds is 10. The van der Waals surface area contributed by atoms with Crippen molar-refractivity contribution in [1.29, 1.82) is 0 Å². The summed E-state index contributed by atoms with van der Waals surface area (Å²) in [6.07, 6.45) is 2.31. The van der Waals surface area contributed by atoms with E-state index < -0.39 is 0 Å². The summed E-state index contributed by atoms with van der Waals surface area (Å²) in [7, 11) is 1.84. The molecular formula is C14H31N3O. The van der Waals surface area contributed by atoms with Crippen LogP contribution in [0, 0.1) is 0 Å². The van der Waals surface area contributed by atoms with E-state index in [1.165, 1.54) is 6.42 Å². The molecule has 18 heavy (non-hydrogen) atoms. The predicted molar refractivity (Wildman–Crippen MR) is 77.8 cm³/mol. The lowest BCUT2D eigenvalue weighted by Crippen LogP contribution is -2.39. The molecule has 0 rings (SSSR count). The van der Waals surface area contributed by atoms with Gasteiger partial charge in [0.15, 0.2) is 0 Å². The van der Waals surface area contributed by atoms with Gasteiger partial charge in [0.1, 0.15) is 0 Å². The summed E-state index contributed by atoms with van der Waals surface area (Å²) in [5, 5.41) is 3.30. The van der Waals surface area contributed by atoms with Crippen LogP contribution in [-0.2, 0) is 4.79 Å². The molecule has 1 N–H and O–H groups in total. The van der Waals surface area contributed by atoms with Gasteiger partial charge in [-0.3, -0.25) is 4.79 Å². The lowest BCUT2D eigenvalue weighted by atomic mass is 10.1. The molecule has 0 aromatic rings. The molecule has 1 amide bonds. The standard InChI is InChI=1S/C14H31N3O/c1-6-16(5)14(18)12-15-13(4)10-9-11-17(7-2)8-3/h13,15H,6-12H2,1-5H3. The van der Waals surface area contributed by atoms with E-state index in [0.29, 0.717) is 12.6 Å². The van der Waals surface area contributed by atoms with E-state index in [-0.39, 0.29) is 5.91 Å². The second-order valence-corrected chi connectivity index (χ2v) is 4.86. The van der Waals surface area contributed by atoms with Crippen LogP contribution in [0.4, 0.5) is 0 Å². The summed E-state index contributed by atoms with van der Waals surface area (Å²) in [4.78, 5) is 15.8. The largest absolute Gasteiger partial charge is 0.345 e. The molecule has 0 saturated heterocycles. The first kappa shape index (κ1) is 17.4. The molecule has 0 aromatic carbocycles. The van der Waals surface area contributed by atoms with Crippen molar-refractivity contribution in [2.24, 2.45) is 0 Å². The average molecular weight is 257 g/mol. The summed E-state index contributed by atoms with van der Waals surface area (Å²) < 4.78 is 0. The molecule has 0 heterocycles. The fraction of sp³-hybridized carbons (Fsp3) is 0.929. The van der Waals surface area contributed by atoms with Crippen LogP contribution in [0.1, 0.15) is 40.5 Å². The van der Waals surface area contributed by atoms with Gasteiger partial charge >= 0.3 is 0 Å². The molecule has 1 atom stereocenters. The monoisotopic (exact) mass is 257 g/mol. The van der Waals surface area contributed by atoms with Crippen molar-refractivity contribution in [3.8, 4) is 0 Å². The molecule has 0 aliphatic heterocycles. The lowest BCUT2D eigenvalue weighted by molar-refractivity contribution is -0.128. The Kier molecular flexibility index (Phi) is 9.98. The third kappa shape index (κ3) is 7.67. The lowest BCUT2D eigenvalue weighted by Gasteiger charge is -2.20. The van der Waals surface area contributed by atoms with Gasteiger partial charge in [-0.1, -0.05) is 13.8 Å². The highest BCUT2D eigenvalue weighted by Gasteiger charge is 2.09. The van der Waals surface area contributed by atoms with Gasteiger partial charge in [-0.15, -0.1) is 0 Å². The van der Waals surface area contributed by atoms with E-state index in [1.807, 2.05) is 14.0 Å². The number of carbonyl (C=O) groups excluding carboxylic acids is 1. The molecule has 1 unspecified atom stereocenters. The fourth-order valence-corrected chi connectivity index (χ4v) is 1.84. The van der Waals surface area contributed by atoms with Crippen molar-refractivity contribution in [1.82, 2.24) is 15.1 Å². The zero-order valence-electron chi connectivity index (χ0n) is 12.8. The number of likely N-dealkylation sites (N-methyl/N-ethyl adjacent to an activating group) is 1. The van der Waals surface area contributed by atoms with Crippen LogP contribution >= 0.6 is 0 Å². The second kappa shape index (κ2) is 10.3. The Morgan fingerprint density at radius 2 is 1.78 bits per heavy atom. The summed E-state index contributed by atoms with van der Waals surface area (Å²) in [6, 6.07) is 0.412. The number of carbonyl (C=O) groups is 1. The molecule has 0 aliphatic rings. The van der Waals surface area contributed by atoms with E-state index in [9.17, 15) is 4.79 Å². The smallest absolute Gasteiger partial charge is 0.236 e.